The molecule has 0 saturated heterocycles. The number of nitrogens with zero attached hydrogens (tertiary/aromatic N) is 1. The van der Waals surface area contributed by atoms with Crippen LogP contribution in [-0.4, -0.2) is 48.8 Å². The van der Waals surface area contributed by atoms with Crippen LogP contribution in [0.25, 0.3) is 0 Å². The molecular formula is C18H38N2O. The minimum atomic E-state index is 0.285. The summed E-state index contributed by atoms with van der Waals surface area (Å²) in [5, 5.41) is 13.1. The van der Waals surface area contributed by atoms with Gasteiger partial charge in [0.1, 0.15) is 0 Å². The highest BCUT2D eigenvalue weighted by Crippen LogP contribution is 2.39. The van der Waals surface area contributed by atoms with Crippen molar-refractivity contribution >= 4 is 0 Å². The van der Waals surface area contributed by atoms with Crippen LogP contribution in [0.5, 0.6) is 0 Å². The first-order valence-electron chi connectivity index (χ1n) is 9.08. The third-order valence-corrected chi connectivity index (χ3v) is 4.87. The van der Waals surface area contributed by atoms with Gasteiger partial charge in [0.25, 0.3) is 0 Å². The molecule has 2 N–H and O–H groups in total. The van der Waals surface area contributed by atoms with Crippen molar-refractivity contribution in [2.24, 2.45) is 11.3 Å². The number of nitrogens with one attached hydrogen (secondary N) is 1. The average molecular weight is 299 g/mol. The molecule has 1 fully saturated rings. The summed E-state index contributed by atoms with van der Waals surface area (Å²) in [5.74, 6) is 0.842. The smallest absolute Gasteiger partial charge is 0.0558 e. The fourth-order valence-corrected chi connectivity index (χ4v) is 3.82. The first kappa shape index (κ1) is 18.9. The van der Waals surface area contributed by atoms with Gasteiger partial charge in [-0.25, -0.2) is 0 Å². The SMILES string of the molecule is CCCCN(CCO)CC1(CNC(C)C)CCCC(C)C1. The third-order valence-electron chi connectivity index (χ3n) is 4.87. The summed E-state index contributed by atoms with van der Waals surface area (Å²) in [6, 6.07) is 0.557. The second kappa shape index (κ2) is 9.81. The Morgan fingerprint density at radius 3 is 2.67 bits per heavy atom. The Labute approximate surface area is 132 Å². The molecule has 3 nitrogen and oxygen atoms in total. The van der Waals surface area contributed by atoms with E-state index in [1.54, 1.807) is 0 Å². The maximum Gasteiger partial charge on any atom is 0.0558 e. The molecule has 0 heterocycles. The lowest BCUT2D eigenvalue weighted by molar-refractivity contribution is 0.0679. The van der Waals surface area contributed by atoms with Crippen molar-refractivity contribution < 1.29 is 5.11 Å². The first-order valence-corrected chi connectivity index (χ1v) is 9.08. The molecule has 0 aromatic rings. The summed E-state index contributed by atoms with van der Waals surface area (Å²) in [7, 11) is 0. The maximum atomic E-state index is 9.36. The third kappa shape index (κ3) is 7.12. The van der Waals surface area contributed by atoms with Gasteiger partial charge in [-0.2, -0.15) is 0 Å². The molecule has 3 heteroatoms. The fraction of sp³-hybridized carbons (Fsp3) is 1.00. The van der Waals surface area contributed by atoms with Crippen molar-refractivity contribution in [3.8, 4) is 0 Å². The van der Waals surface area contributed by atoms with E-state index >= 15 is 0 Å². The van der Waals surface area contributed by atoms with Gasteiger partial charge in [0.2, 0.25) is 0 Å². The van der Waals surface area contributed by atoms with Gasteiger partial charge in [0.15, 0.2) is 0 Å². The summed E-state index contributed by atoms with van der Waals surface area (Å²) in [6.45, 7) is 13.7. The van der Waals surface area contributed by atoms with Gasteiger partial charge in [-0.3, -0.25) is 0 Å². The van der Waals surface area contributed by atoms with Gasteiger partial charge in [-0.15, -0.1) is 0 Å². The molecule has 0 radical (unpaired) electrons. The largest absolute Gasteiger partial charge is 0.395 e. The Kier molecular flexibility index (Phi) is 8.84. The minimum absolute atomic E-state index is 0.285. The highest BCUT2D eigenvalue weighted by atomic mass is 16.3. The van der Waals surface area contributed by atoms with Crippen LogP contribution in [0.1, 0.15) is 66.2 Å². The molecule has 0 aromatic heterocycles. The highest BCUT2D eigenvalue weighted by molar-refractivity contribution is 4.90. The van der Waals surface area contributed by atoms with Gasteiger partial charge in [-0.05, 0) is 37.1 Å². The number of hydrogen-bond acceptors (Lipinski definition) is 3. The molecule has 0 bridgehead atoms. The van der Waals surface area contributed by atoms with Gasteiger partial charge in [0, 0.05) is 25.7 Å². The second-order valence-corrected chi connectivity index (χ2v) is 7.59. The summed E-state index contributed by atoms with van der Waals surface area (Å²) >= 11 is 0. The molecule has 126 valence electrons. The topological polar surface area (TPSA) is 35.5 Å². The Morgan fingerprint density at radius 1 is 1.33 bits per heavy atom. The number of unbranched alkanes of at least 4 members (excludes halogenated alkanes) is 1. The van der Waals surface area contributed by atoms with Crippen molar-refractivity contribution in [2.75, 3.05) is 32.8 Å². The van der Waals surface area contributed by atoms with Crippen LogP contribution in [0.4, 0.5) is 0 Å². The lowest BCUT2D eigenvalue weighted by atomic mass is 9.69. The minimum Gasteiger partial charge on any atom is -0.395 e. The maximum absolute atomic E-state index is 9.36. The predicted octanol–water partition coefficient (Wildman–Crippen LogP) is 3.28. The molecule has 0 aromatic carbocycles. The number of aliphatic hydroxyl groups excluding tert-OH is 1. The van der Waals surface area contributed by atoms with Crippen molar-refractivity contribution in [3.05, 3.63) is 0 Å². The van der Waals surface area contributed by atoms with Crippen molar-refractivity contribution in [2.45, 2.75) is 72.3 Å². The molecule has 21 heavy (non-hydrogen) atoms. The van der Waals surface area contributed by atoms with Gasteiger partial charge in [0.05, 0.1) is 6.61 Å². The van der Waals surface area contributed by atoms with E-state index < -0.39 is 0 Å². The standard InChI is InChI=1S/C18H38N2O/c1-5-6-10-20(11-12-21)15-18(14-19-16(2)3)9-7-8-17(4)13-18/h16-17,19,21H,5-15H2,1-4H3. The quantitative estimate of drug-likeness (QED) is 0.650. The Balaban J connectivity index is 2.68. The summed E-state index contributed by atoms with van der Waals surface area (Å²) < 4.78 is 0. The van der Waals surface area contributed by atoms with Gasteiger partial charge < -0.3 is 15.3 Å². The number of rotatable bonds is 10. The monoisotopic (exact) mass is 298 g/mol. The Morgan fingerprint density at radius 2 is 2.10 bits per heavy atom. The van der Waals surface area contributed by atoms with E-state index in [-0.39, 0.29) is 6.61 Å². The zero-order valence-electron chi connectivity index (χ0n) is 14.8. The van der Waals surface area contributed by atoms with E-state index in [9.17, 15) is 5.11 Å². The summed E-state index contributed by atoms with van der Waals surface area (Å²) in [4.78, 5) is 2.50. The van der Waals surface area contributed by atoms with Crippen LogP contribution >= 0.6 is 0 Å². The zero-order valence-corrected chi connectivity index (χ0v) is 14.8. The molecular weight excluding hydrogens is 260 g/mol. The molecule has 0 amide bonds. The normalized spacial score (nSPS) is 26.7. The van der Waals surface area contributed by atoms with Gasteiger partial charge in [-0.1, -0.05) is 47.0 Å². The molecule has 1 aliphatic carbocycles. The van der Waals surface area contributed by atoms with Crippen LogP contribution in [0.3, 0.4) is 0 Å². The van der Waals surface area contributed by atoms with E-state index in [1.165, 1.54) is 38.5 Å². The van der Waals surface area contributed by atoms with Crippen LogP contribution in [0.2, 0.25) is 0 Å². The van der Waals surface area contributed by atoms with E-state index in [4.69, 9.17) is 0 Å². The lowest BCUT2D eigenvalue weighted by Crippen LogP contribution is -2.48. The van der Waals surface area contributed by atoms with E-state index in [1.807, 2.05) is 0 Å². The van der Waals surface area contributed by atoms with Crippen LogP contribution < -0.4 is 5.32 Å². The first-order chi connectivity index (χ1) is 10.0. The van der Waals surface area contributed by atoms with Crippen molar-refractivity contribution in [1.82, 2.24) is 10.2 Å². The van der Waals surface area contributed by atoms with Crippen molar-refractivity contribution in [3.63, 3.8) is 0 Å². The molecule has 1 aliphatic rings. The molecule has 2 atom stereocenters. The average Bonchev–Trinajstić information content (AvgIpc) is 2.43. The summed E-state index contributed by atoms with van der Waals surface area (Å²) in [5.41, 5.74) is 0.408. The van der Waals surface area contributed by atoms with Gasteiger partial charge >= 0.3 is 0 Å². The second-order valence-electron chi connectivity index (χ2n) is 7.59. The molecule has 0 aliphatic heterocycles. The molecule has 1 saturated carbocycles. The van der Waals surface area contributed by atoms with E-state index in [0.29, 0.717) is 11.5 Å². The van der Waals surface area contributed by atoms with Crippen molar-refractivity contribution in [1.29, 1.82) is 0 Å². The number of aliphatic hydroxyl groups is 1. The Hall–Kier alpha value is -0.120. The highest BCUT2D eigenvalue weighted by Gasteiger charge is 2.36. The molecule has 1 rings (SSSR count). The van der Waals surface area contributed by atoms with Crippen LogP contribution in [-0.2, 0) is 0 Å². The zero-order chi connectivity index (χ0) is 15.7. The molecule has 2 unspecified atom stereocenters. The van der Waals surface area contributed by atoms with E-state index in [0.717, 1.165) is 32.1 Å². The fourth-order valence-electron chi connectivity index (χ4n) is 3.82. The predicted molar refractivity (Wildman–Crippen MR) is 91.6 cm³/mol. The van der Waals surface area contributed by atoms with Crippen LogP contribution in [0, 0.1) is 11.3 Å². The van der Waals surface area contributed by atoms with Crippen LogP contribution in [0.15, 0.2) is 0 Å². The number of hydrogen-bond donors (Lipinski definition) is 2. The van der Waals surface area contributed by atoms with E-state index in [2.05, 4.69) is 37.9 Å². The lowest BCUT2D eigenvalue weighted by Gasteiger charge is -2.44. The summed E-state index contributed by atoms with van der Waals surface area (Å²) in [6.07, 6.45) is 7.89. The Bertz CT molecular complexity index is 270. The molecule has 0 spiro atoms.